The second-order valence-electron chi connectivity index (χ2n) is 4.90. The number of benzene rings is 1. The first kappa shape index (κ1) is 13.4. The van der Waals surface area contributed by atoms with Crippen LogP contribution in [-0.2, 0) is 11.2 Å². The fourth-order valence-electron chi connectivity index (χ4n) is 1.93. The Kier molecular flexibility index (Phi) is 4.30. The molecular formula is C14H20N2OS. The molecule has 1 aromatic rings. The first-order chi connectivity index (χ1) is 8.65. The number of nitrogens with one attached hydrogen (secondary N) is 1. The van der Waals surface area contributed by atoms with Crippen LogP contribution >= 0.6 is 11.8 Å². The summed E-state index contributed by atoms with van der Waals surface area (Å²) in [5.74, 6) is -0.0424. The number of carbonyl (C=O) groups excluding carboxylic acids is 1. The van der Waals surface area contributed by atoms with Crippen molar-refractivity contribution in [1.82, 2.24) is 5.32 Å². The molecule has 1 atom stereocenters. The van der Waals surface area contributed by atoms with Crippen LogP contribution in [0.1, 0.15) is 18.4 Å². The van der Waals surface area contributed by atoms with Crippen LogP contribution in [0.15, 0.2) is 30.3 Å². The average Bonchev–Trinajstić information content (AvgIpc) is 3.18. The normalized spacial score (nSPS) is 18.1. The molecular weight excluding hydrogens is 244 g/mol. The van der Waals surface area contributed by atoms with Crippen molar-refractivity contribution in [3.63, 3.8) is 0 Å². The van der Waals surface area contributed by atoms with Gasteiger partial charge in [0.15, 0.2) is 0 Å². The summed E-state index contributed by atoms with van der Waals surface area (Å²) in [5, 5.41) is 2.97. The molecule has 0 saturated heterocycles. The smallest absolute Gasteiger partial charge is 0.237 e. The van der Waals surface area contributed by atoms with Gasteiger partial charge in [-0.25, -0.2) is 0 Å². The van der Waals surface area contributed by atoms with E-state index in [9.17, 15) is 4.79 Å². The van der Waals surface area contributed by atoms with Crippen molar-refractivity contribution >= 4 is 17.7 Å². The largest absolute Gasteiger partial charge is 0.353 e. The molecule has 0 spiro atoms. The zero-order valence-electron chi connectivity index (χ0n) is 10.7. The molecule has 1 aromatic carbocycles. The van der Waals surface area contributed by atoms with E-state index < -0.39 is 6.04 Å². The van der Waals surface area contributed by atoms with Crippen molar-refractivity contribution in [2.45, 2.75) is 30.1 Å². The summed E-state index contributed by atoms with van der Waals surface area (Å²) in [6.07, 6.45) is 5.09. The summed E-state index contributed by atoms with van der Waals surface area (Å²) in [6.45, 7) is 0.746. The monoisotopic (exact) mass is 264 g/mol. The topological polar surface area (TPSA) is 55.1 Å². The molecule has 2 rings (SSSR count). The standard InChI is InChI=1S/C14H20N2OS/c1-18-14(7-8-14)10-16-13(17)12(15)9-11-5-3-2-4-6-11/h2-6,12H,7-10,15H2,1H3,(H,16,17)/t12-/m0/s1. The van der Waals surface area contributed by atoms with Crippen molar-refractivity contribution in [3.05, 3.63) is 35.9 Å². The number of thioether (sulfide) groups is 1. The maximum absolute atomic E-state index is 11.9. The number of hydrogen-bond donors (Lipinski definition) is 2. The van der Waals surface area contributed by atoms with Crippen LogP contribution in [-0.4, -0.2) is 29.5 Å². The van der Waals surface area contributed by atoms with Crippen LogP contribution in [0.5, 0.6) is 0 Å². The van der Waals surface area contributed by atoms with Crippen molar-refractivity contribution in [1.29, 1.82) is 0 Å². The van der Waals surface area contributed by atoms with E-state index in [2.05, 4.69) is 11.6 Å². The molecule has 0 heterocycles. The maximum atomic E-state index is 11.9. The van der Waals surface area contributed by atoms with E-state index in [0.29, 0.717) is 11.2 Å². The molecule has 98 valence electrons. The predicted molar refractivity (Wildman–Crippen MR) is 76.6 cm³/mol. The third-order valence-corrected chi connectivity index (χ3v) is 4.88. The number of nitrogens with two attached hydrogens (primary N) is 1. The lowest BCUT2D eigenvalue weighted by Crippen LogP contribution is -2.44. The highest BCUT2D eigenvalue weighted by atomic mass is 32.2. The van der Waals surface area contributed by atoms with Gasteiger partial charge in [-0.2, -0.15) is 11.8 Å². The molecule has 3 N–H and O–H groups in total. The van der Waals surface area contributed by atoms with Gasteiger partial charge in [0.2, 0.25) is 5.91 Å². The summed E-state index contributed by atoms with van der Waals surface area (Å²) in [7, 11) is 0. The zero-order valence-corrected chi connectivity index (χ0v) is 11.5. The second kappa shape index (κ2) is 5.76. The molecule has 3 nitrogen and oxygen atoms in total. The number of rotatable bonds is 6. The molecule has 1 aliphatic rings. The minimum absolute atomic E-state index is 0.0424. The van der Waals surface area contributed by atoms with Crippen molar-refractivity contribution in [2.24, 2.45) is 5.73 Å². The fourth-order valence-corrected chi connectivity index (χ4v) is 2.66. The second-order valence-corrected chi connectivity index (χ2v) is 6.18. The van der Waals surface area contributed by atoms with E-state index >= 15 is 0 Å². The van der Waals surface area contributed by atoms with Crippen LogP contribution in [0.2, 0.25) is 0 Å². The van der Waals surface area contributed by atoms with Crippen molar-refractivity contribution < 1.29 is 4.79 Å². The summed E-state index contributed by atoms with van der Waals surface area (Å²) >= 11 is 1.84. The molecule has 1 aliphatic carbocycles. The van der Waals surface area contributed by atoms with Crippen molar-refractivity contribution in [2.75, 3.05) is 12.8 Å². The highest BCUT2D eigenvalue weighted by Crippen LogP contribution is 2.46. The van der Waals surface area contributed by atoms with Crippen LogP contribution in [0.25, 0.3) is 0 Å². The fraction of sp³-hybridized carbons (Fsp3) is 0.500. The van der Waals surface area contributed by atoms with Gasteiger partial charge in [-0.15, -0.1) is 0 Å². The predicted octanol–water partition coefficient (Wildman–Crippen LogP) is 1.57. The van der Waals surface area contributed by atoms with E-state index in [0.717, 1.165) is 12.1 Å². The van der Waals surface area contributed by atoms with Gasteiger partial charge in [-0.3, -0.25) is 4.79 Å². The Morgan fingerprint density at radius 2 is 2.11 bits per heavy atom. The van der Waals surface area contributed by atoms with Gasteiger partial charge in [-0.1, -0.05) is 30.3 Å². The quantitative estimate of drug-likeness (QED) is 0.820. The SMILES string of the molecule is CSC1(CNC(=O)[C@@H](N)Cc2ccccc2)CC1. The molecule has 0 unspecified atom stereocenters. The third kappa shape index (κ3) is 3.50. The Morgan fingerprint density at radius 1 is 1.44 bits per heavy atom. The van der Waals surface area contributed by atoms with Crippen molar-refractivity contribution in [3.8, 4) is 0 Å². The van der Waals surface area contributed by atoms with Gasteiger partial charge in [0.25, 0.3) is 0 Å². The lowest BCUT2D eigenvalue weighted by atomic mass is 10.1. The molecule has 4 heteroatoms. The van der Waals surface area contributed by atoms with E-state index in [1.807, 2.05) is 42.1 Å². The molecule has 0 bridgehead atoms. The lowest BCUT2D eigenvalue weighted by molar-refractivity contribution is -0.122. The van der Waals surface area contributed by atoms with Crippen LogP contribution in [0.4, 0.5) is 0 Å². The Bertz CT molecular complexity index is 404. The van der Waals surface area contributed by atoms with Gasteiger partial charge in [0.05, 0.1) is 6.04 Å². The van der Waals surface area contributed by atoms with Gasteiger partial charge in [0.1, 0.15) is 0 Å². The number of carbonyl (C=O) groups is 1. The molecule has 1 amide bonds. The summed E-state index contributed by atoms with van der Waals surface area (Å²) in [4.78, 5) is 11.9. The van der Waals surface area contributed by atoms with E-state index in [1.54, 1.807) is 0 Å². The highest BCUT2D eigenvalue weighted by Gasteiger charge is 2.42. The maximum Gasteiger partial charge on any atom is 0.237 e. The molecule has 0 aliphatic heterocycles. The molecule has 0 radical (unpaired) electrons. The van der Waals surface area contributed by atoms with E-state index in [-0.39, 0.29) is 5.91 Å². The molecule has 1 fully saturated rings. The van der Waals surface area contributed by atoms with Crippen LogP contribution in [0, 0.1) is 0 Å². The van der Waals surface area contributed by atoms with Gasteiger partial charge in [0, 0.05) is 11.3 Å². The number of hydrogen-bond acceptors (Lipinski definition) is 3. The van der Waals surface area contributed by atoms with E-state index in [1.165, 1.54) is 12.8 Å². The van der Waals surface area contributed by atoms with Gasteiger partial charge < -0.3 is 11.1 Å². The Hall–Kier alpha value is -1.00. The Balaban J connectivity index is 1.78. The average molecular weight is 264 g/mol. The summed E-state index contributed by atoms with van der Waals surface area (Å²) < 4.78 is 0.294. The minimum atomic E-state index is -0.454. The minimum Gasteiger partial charge on any atom is -0.353 e. The summed E-state index contributed by atoms with van der Waals surface area (Å²) in [6, 6.07) is 9.43. The highest BCUT2D eigenvalue weighted by molar-refractivity contribution is 8.00. The van der Waals surface area contributed by atoms with Gasteiger partial charge in [-0.05, 0) is 31.1 Å². The molecule has 18 heavy (non-hydrogen) atoms. The van der Waals surface area contributed by atoms with E-state index in [4.69, 9.17) is 5.73 Å². The first-order valence-corrected chi connectivity index (χ1v) is 7.50. The summed E-state index contributed by atoms with van der Waals surface area (Å²) in [5.41, 5.74) is 7.02. The molecule has 1 saturated carbocycles. The Labute approximate surface area is 113 Å². The first-order valence-electron chi connectivity index (χ1n) is 6.28. The van der Waals surface area contributed by atoms with Crippen LogP contribution < -0.4 is 11.1 Å². The molecule has 0 aromatic heterocycles. The Morgan fingerprint density at radius 3 is 2.67 bits per heavy atom. The van der Waals surface area contributed by atoms with Gasteiger partial charge >= 0.3 is 0 Å². The third-order valence-electron chi connectivity index (χ3n) is 3.46. The number of amides is 1. The van der Waals surface area contributed by atoms with Crippen LogP contribution in [0.3, 0.4) is 0 Å². The lowest BCUT2D eigenvalue weighted by Gasteiger charge is -2.16. The zero-order chi connectivity index (χ0) is 13.0.